The largest absolute Gasteiger partial charge is 0.311 e. The summed E-state index contributed by atoms with van der Waals surface area (Å²) in [4.78, 5) is 2.34. The van der Waals surface area contributed by atoms with Crippen LogP contribution in [0.15, 0.2) is 364 Å². The van der Waals surface area contributed by atoms with Crippen molar-refractivity contribution < 1.29 is 0 Å². The molecule has 16 aromatic carbocycles. The van der Waals surface area contributed by atoms with Gasteiger partial charge in [0.05, 0.1) is 11.0 Å². The Hall–Kier alpha value is -11.8. The van der Waals surface area contributed by atoms with Crippen LogP contribution < -0.4 is 4.90 Å². The van der Waals surface area contributed by atoms with Gasteiger partial charge in [0.2, 0.25) is 0 Å². The maximum Gasteiger partial charge on any atom is 0.0541 e. The highest BCUT2D eigenvalue weighted by atomic mass is 15.1. The van der Waals surface area contributed by atoms with Crippen LogP contribution in [0.2, 0.25) is 0 Å². The second-order valence-electron chi connectivity index (χ2n) is 23.1. The van der Waals surface area contributed by atoms with Crippen molar-refractivity contribution in [3.8, 4) is 72.4 Å². The predicted molar refractivity (Wildman–Crippen MR) is 385 cm³/mol. The average molecular weight is 1150 g/mol. The SMILES string of the molecule is c1ccc(-c2ccc(-c3ccc(N(c4ccc(-c5ccccc5)cc4)c4ccc(-c5ccc(-n6c7ccccc7c7ccccc76)cc5)cc4)cc3)cc2)cc1.c1ccc2cc(-c3c4ccccc4c(-c4cccc5ccccc45)c4ccccc34)ccc2c1. The predicted octanol–water partition coefficient (Wildman–Crippen LogP) is 24.6. The third-order valence-corrected chi connectivity index (χ3v) is 17.9. The van der Waals surface area contributed by atoms with Gasteiger partial charge in [-0.25, -0.2) is 0 Å². The summed E-state index contributed by atoms with van der Waals surface area (Å²) in [7, 11) is 0. The summed E-state index contributed by atoms with van der Waals surface area (Å²) in [6, 6.07) is 131. The molecule has 0 aliphatic carbocycles. The van der Waals surface area contributed by atoms with Crippen molar-refractivity contribution in [3.63, 3.8) is 0 Å². The standard InChI is InChI=1S/C54H38N2.C34H22/c1-3-11-39(12-4-1)41-19-21-42(22-20-41)44-25-33-48(34-26-44)55(47-31-23-43(24-32-47)40-13-5-2-6-14-40)49-35-27-45(28-36-49)46-29-37-50(38-30-46)56-53-17-9-7-15-51(53)52-16-8-10-18-54(52)56;1-2-12-25-22-26(21-20-23(25)10-1)33-29-15-5-7-17-31(29)34(32-18-8-6-16-30(32)33)28-19-9-13-24-11-3-4-14-27(24)28/h1-38H;1-22H. The molecule has 0 bridgehead atoms. The maximum atomic E-state index is 2.36. The topological polar surface area (TPSA) is 8.17 Å². The van der Waals surface area contributed by atoms with Gasteiger partial charge in [-0.1, -0.05) is 297 Å². The van der Waals surface area contributed by atoms with Gasteiger partial charge in [-0.15, -0.1) is 0 Å². The summed E-state index contributed by atoms with van der Waals surface area (Å²) in [5.41, 5.74) is 21.7. The molecule has 0 unspecified atom stereocenters. The summed E-state index contributed by atoms with van der Waals surface area (Å²) in [5.74, 6) is 0. The zero-order valence-corrected chi connectivity index (χ0v) is 49.5. The highest BCUT2D eigenvalue weighted by Gasteiger charge is 2.19. The van der Waals surface area contributed by atoms with E-state index in [2.05, 4.69) is 373 Å². The molecule has 17 aromatic rings. The van der Waals surface area contributed by atoms with E-state index >= 15 is 0 Å². The molecule has 0 saturated heterocycles. The fraction of sp³-hybridized carbons (Fsp3) is 0. The first-order valence-corrected chi connectivity index (χ1v) is 31.0. The number of rotatable bonds is 10. The van der Waals surface area contributed by atoms with Crippen LogP contribution in [0.5, 0.6) is 0 Å². The molecule has 90 heavy (non-hydrogen) atoms. The van der Waals surface area contributed by atoms with E-state index in [0.717, 1.165) is 22.7 Å². The lowest BCUT2D eigenvalue weighted by atomic mass is 9.84. The average Bonchev–Trinajstić information content (AvgIpc) is 1.03. The number of fused-ring (bicyclic) bond motifs is 7. The van der Waals surface area contributed by atoms with Crippen LogP contribution in [0.4, 0.5) is 17.1 Å². The lowest BCUT2D eigenvalue weighted by molar-refractivity contribution is 1.18. The quantitative estimate of drug-likeness (QED) is 0.124. The van der Waals surface area contributed by atoms with Crippen LogP contribution in [-0.4, -0.2) is 4.57 Å². The summed E-state index contributed by atoms with van der Waals surface area (Å²) in [5, 5.41) is 12.8. The molecular formula is C88H60N2. The van der Waals surface area contributed by atoms with E-state index in [-0.39, 0.29) is 0 Å². The van der Waals surface area contributed by atoms with Crippen molar-refractivity contribution in [2.75, 3.05) is 4.90 Å². The molecule has 0 aliphatic heterocycles. The third-order valence-electron chi connectivity index (χ3n) is 17.9. The third kappa shape index (κ3) is 10.0. The van der Waals surface area contributed by atoms with Crippen molar-refractivity contribution in [2.45, 2.75) is 0 Å². The van der Waals surface area contributed by atoms with Gasteiger partial charge in [0.1, 0.15) is 0 Å². The van der Waals surface area contributed by atoms with E-state index in [1.165, 1.54) is 132 Å². The molecule has 2 nitrogen and oxygen atoms in total. The van der Waals surface area contributed by atoms with Crippen molar-refractivity contribution in [2.24, 2.45) is 0 Å². The minimum Gasteiger partial charge on any atom is -0.311 e. The number of nitrogens with zero attached hydrogens (tertiary/aromatic N) is 2. The van der Waals surface area contributed by atoms with Gasteiger partial charge < -0.3 is 9.47 Å². The first-order valence-electron chi connectivity index (χ1n) is 31.0. The van der Waals surface area contributed by atoms with Crippen LogP contribution in [-0.2, 0) is 0 Å². The van der Waals surface area contributed by atoms with Gasteiger partial charge >= 0.3 is 0 Å². The highest BCUT2D eigenvalue weighted by Crippen LogP contribution is 2.46. The Labute approximate surface area is 524 Å². The molecule has 1 heterocycles. The fourth-order valence-electron chi connectivity index (χ4n) is 13.5. The Morgan fingerprint density at radius 2 is 0.511 bits per heavy atom. The number of hydrogen-bond acceptors (Lipinski definition) is 1. The zero-order valence-electron chi connectivity index (χ0n) is 49.5. The zero-order chi connectivity index (χ0) is 59.7. The molecule has 0 aliphatic rings. The molecule has 0 saturated carbocycles. The molecule has 17 rings (SSSR count). The van der Waals surface area contributed by atoms with Crippen LogP contribution >= 0.6 is 0 Å². The fourth-order valence-corrected chi connectivity index (χ4v) is 13.5. The van der Waals surface area contributed by atoms with E-state index in [1.54, 1.807) is 0 Å². The molecule has 0 radical (unpaired) electrons. The van der Waals surface area contributed by atoms with E-state index in [9.17, 15) is 0 Å². The number of para-hydroxylation sites is 2. The lowest BCUT2D eigenvalue weighted by Crippen LogP contribution is -2.09. The van der Waals surface area contributed by atoms with Gasteiger partial charge in [-0.3, -0.25) is 0 Å². The van der Waals surface area contributed by atoms with Gasteiger partial charge in [0, 0.05) is 33.5 Å². The molecule has 0 N–H and O–H groups in total. The molecule has 422 valence electrons. The van der Waals surface area contributed by atoms with Crippen LogP contribution in [0.3, 0.4) is 0 Å². The molecule has 0 atom stereocenters. The van der Waals surface area contributed by atoms with Crippen molar-refractivity contribution in [1.82, 2.24) is 4.57 Å². The molecule has 1 aromatic heterocycles. The maximum absolute atomic E-state index is 2.36. The Morgan fingerprint density at radius 3 is 0.978 bits per heavy atom. The van der Waals surface area contributed by atoms with Gasteiger partial charge in [0.15, 0.2) is 0 Å². The summed E-state index contributed by atoms with van der Waals surface area (Å²) < 4.78 is 2.36. The van der Waals surface area contributed by atoms with E-state index in [1.807, 2.05) is 0 Å². The summed E-state index contributed by atoms with van der Waals surface area (Å²) in [6.07, 6.45) is 0. The molecule has 0 fully saturated rings. The minimum absolute atomic E-state index is 1.10. The van der Waals surface area contributed by atoms with Crippen molar-refractivity contribution in [3.05, 3.63) is 364 Å². The molecule has 2 heteroatoms. The number of hydrogen-bond donors (Lipinski definition) is 0. The van der Waals surface area contributed by atoms with Gasteiger partial charge in [-0.2, -0.15) is 0 Å². The second kappa shape index (κ2) is 23.4. The lowest BCUT2D eigenvalue weighted by Gasteiger charge is -2.26. The normalized spacial score (nSPS) is 11.3. The van der Waals surface area contributed by atoms with E-state index < -0.39 is 0 Å². The van der Waals surface area contributed by atoms with Crippen molar-refractivity contribution in [1.29, 1.82) is 0 Å². The molecule has 0 amide bonds. The Kier molecular flexibility index (Phi) is 14.0. The number of aromatic nitrogens is 1. The van der Waals surface area contributed by atoms with Gasteiger partial charge in [0.25, 0.3) is 0 Å². The number of benzene rings is 16. The van der Waals surface area contributed by atoms with E-state index in [0.29, 0.717) is 0 Å². The highest BCUT2D eigenvalue weighted by molar-refractivity contribution is 6.24. The van der Waals surface area contributed by atoms with Crippen LogP contribution in [0.25, 0.3) is 137 Å². The van der Waals surface area contributed by atoms with Crippen molar-refractivity contribution >= 4 is 82.0 Å². The Bertz CT molecular complexity index is 5300. The van der Waals surface area contributed by atoms with Gasteiger partial charge in [-0.05, 0) is 177 Å². The van der Waals surface area contributed by atoms with E-state index in [4.69, 9.17) is 0 Å². The summed E-state index contributed by atoms with van der Waals surface area (Å²) in [6.45, 7) is 0. The monoisotopic (exact) mass is 1140 g/mol. The number of anilines is 3. The summed E-state index contributed by atoms with van der Waals surface area (Å²) >= 11 is 0. The van der Waals surface area contributed by atoms with Crippen LogP contribution in [0.1, 0.15) is 0 Å². The van der Waals surface area contributed by atoms with Crippen LogP contribution in [0, 0.1) is 0 Å². The first-order chi connectivity index (χ1) is 44.6. The minimum atomic E-state index is 1.10. The molecule has 0 spiro atoms. The Balaban J connectivity index is 0.000000162. The first kappa shape index (κ1) is 53.6. The second-order valence-corrected chi connectivity index (χ2v) is 23.1. The molecular weight excluding hydrogens is 1080 g/mol. The Morgan fingerprint density at radius 1 is 0.189 bits per heavy atom. The smallest absolute Gasteiger partial charge is 0.0541 e.